The van der Waals surface area contributed by atoms with Crippen LogP contribution < -0.4 is 20.1 Å². The average Bonchev–Trinajstić information content (AvgIpc) is 2.63. The van der Waals surface area contributed by atoms with Crippen LogP contribution in [0, 0.1) is 0 Å². The van der Waals surface area contributed by atoms with Gasteiger partial charge < -0.3 is 20.1 Å². The molecule has 2 rings (SSSR count). The highest BCUT2D eigenvalue weighted by molar-refractivity contribution is 6.35. The number of carbonyl (C=O) groups excluding carboxylic acids is 2. The summed E-state index contributed by atoms with van der Waals surface area (Å²) in [5, 5.41) is 6.01. The molecule has 0 saturated carbocycles. The van der Waals surface area contributed by atoms with E-state index in [2.05, 4.69) is 10.6 Å². The summed E-state index contributed by atoms with van der Waals surface area (Å²) < 4.78 is 10.8. The van der Waals surface area contributed by atoms with Crippen molar-refractivity contribution in [2.75, 3.05) is 19.5 Å². The Labute approximate surface area is 161 Å². The van der Waals surface area contributed by atoms with Gasteiger partial charge in [0, 0.05) is 17.6 Å². The van der Waals surface area contributed by atoms with Gasteiger partial charge in [0.2, 0.25) is 0 Å². The van der Waals surface area contributed by atoms with Gasteiger partial charge in [-0.05, 0) is 43.3 Å². The summed E-state index contributed by atoms with van der Waals surface area (Å²) in [6.45, 7) is 1.59. The third kappa shape index (κ3) is 4.80. The lowest BCUT2D eigenvalue weighted by atomic mass is 10.1. The summed E-state index contributed by atoms with van der Waals surface area (Å²) in [7, 11) is 2.98. The zero-order valence-corrected chi connectivity index (χ0v) is 15.9. The largest absolute Gasteiger partial charge is 0.495 e. The molecule has 1 atom stereocenters. The first kappa shape index (κ1) is 19.9. The molecule has 0 fully saturated rings. The number of rotatable bonds is 6. The molecule has 8 heteroatoms. The Balaban J connectivity index is 2.12. The predicted octanol–water partition coefficient (Wildman–Crippen LogP) is 3.77. The second-order valence-electron chi connectivity index (χ2n) is 5.32. The number of amides is 2. The van der Waals surface area contributed by atoms with E-state index >= 15 is 0 Å². The third-order valence-electron chi connectivity index (χ3n) is 3.52. The van der Waals surface area contributed by atoms with Gasteiger partial charge in [-0.1, -0.05) is 23.2 Å². The van der Waals surface area contributed by atoms with Crippen LogP contribution in [-0.4, -0.2) is 32.1 Å². The monoisotopic (exact) mass is 396 g/mol. The van der Waals surface area contributed by atoms with Gasteiger partial charge in [-0.3, -0.25) is 9.59 Å². The first-order valence-corrected chi connectivity index (χ1v) is 8.44. The standard InChI is InChI=1S/C18H18Cl2N2O4/c1-10(26-15-7-5-12(19)9-13(15)20)17(23)22-14-6-4-11(18(24)21-2)8-16(14)25-3/h4-10H,1-3H3,(H,21,24)(H,22,23). The van der Waals surface area contributed by atoms with Crippen LogP contribution in [-0.2, 0) is 4.79 Å². The zero-order chi connectivity index (χ0) is 19.3. The highest BCUT2D eigenvalue weighted by Gasteiger charge is 2.19. The van der Waals surface area contributed by atoms with Gasteiger partial charge >= 0.3 is 0 Å². The van der Waals surface area contributed by atoms with Crippen LogP contribution in [0.3, 0.4) is 0 Å². The molecule has 0 aliphatic carbocycles. The minimum absolute atomic E-state index is 0.254. The second kappa shape index (κ2) is 8.78. The van der Waals surface area contributed by atoms with Gasteiger partial charge in [0.25, 0.3) is 11.8 Å². The predicted molar refractivity (Wildman–Crippen MR) is 102 cm³/mol. The van der Waals surface area contributed by atoms with E-state index in [0.29, 0.717) is 32.8 Å². The SMILES string of the molecule is CNC(=O)c1ccc(NC(=O)C(C)Oc2ccc(Cl)cc2Cl)c(OC)c1. The fourth-order valence-corrected chi connectivity index (χ4v) is 2.58. The van der Waals surface area contributed by atoms with Gasteiger partial charge in [0.1, 0.15) is 11.5 Å². The van der Waals surface area contributed by atoms with Gasteiger partial charge in [-0.15, -0.1) is 0 Å². The smallest absolute Gasteiger partial charge is 0.265 e. The fourth-order valence-electron chi connectivity index (χ4n) is 2.13. The average molecular weight is 397 g/mol. The van der Waals surface area contributed by atoms with Crippen LogP contribution >= 0.6 is 23.2 Å². The van der Waals surface area contributed by atoms with Crippen molar-refractivity contribution in [1.29, 1.82) is 0 Å². The molecule has 1 unspecified atom stereocenters. The maximum Gasteiger partial charge on any atom is 0.265 e. The molecule has 0 aliphatic heterocycles. The van der Waals surface area contributed by atoms with Crippen LogP contribution in [0.4, 0.5) is 5.69 Å². The first-order valence-electron chi connectivity index (χ1n) is 7.68. The topological polar surface area (TPSA) is 76.7 Å². The van der Waals surface area contributed by atoms with Crippen LogP contribution in [0.15, 0.2) is 36.4 Å². The Bertz CT molecular complexity index is 827. The molecule has 0 bridgehead atoms. The van der Waals surface area contributed by atoms with E-state index in [0.717, 1.165) is 0 Å². The van der Waals surface area contributed by atoms with E-state index < -0.39 is 12.0 Å². The Morgan fingerprint density at radius 1 is 1.08 bits per heavy atom. The number of methoxy groups -OCH3 is 1. The lowest BCUT2D eigenvalue weighted by Gasteiger charge is -2.17. The molecule has 2 aromatic rings. The lowest BCUT2D eigenvalue weighted by Crippen LogP contribution is -2.30. The van der Waals surface area contributed by atoms with Crippen molar-refractivity contribution in [2.24, 2.45) is 0 Å². The van der Waals surface area contributed by atoms with Gasteiger partial charge in [-0.2, -0.15) is 0 Å². The molecule has 0 saturated heterocycles. The Morgan fingerprint density at radius 3 is 2.42 bits per heavy atom. The number of anilines is 1. The summed E-state index contributed by atoms with van der Waals surface area (Å²) in [5.41, 5.74) is 0.836. The van der Waals surface area contributed by atoms with Crippen molar-refractivity contribution in [3.8, 4) is 11.5 Å². The number of hydrogen-bond acceptors (Lipinski definition) is 4. The number of ether oxygens (including phenoxy) is 2. The van der Waals surface area contributed by atoms with E-state index in [4.69, 9.17) is 32.7 Å². The van der Waals surface area contributed by atoms with Gasteiger partial charge in [0.15, 0.2) is 6.10 Å². The van der Waals surface area contributed by atoms with Crippen molar-refractivity contribution in [1.82, 2.24) is 5.32 Å². The van der Waals surface area contributed by atoms with Crippen molar-refractivity contribution < 1.29 is 19.1 Å². The molecule has 138 valence electrons. The number of halogens is 2. The highest BCUT2D eigenvalue weighted by Crippen LogP contribution is 2.29. The molecule has 6 nitrogen and oxygen atoms in total. The molecule has 0 radical (unpaired) electrons. The molecule has 0 aliphatic rings. The van der Waals surface area contributed by atoms with E-state index in [1.54, 1.807) is 31.2 Å². The molecular formula is C18H18Cl2N2O4. The Morgan fingerprint density at radius 2 is 1.81 bits per heavy atom. The van der Waals surface area contributed by atoms with Crippen LogP contribution in [0.5, 0.6) is 11.5 Å². The van der Waals surface area contributed by atoms with Crippen LogP contribution in [0.1, 0.15) is 17.3 Å². The number of nitrogens with one attached hydrogen (secondary N) is 2. The minimum Gasteiger partial charge on any atom is -0.495 e. The summed E-state index contributed by atoms with van der Waals surface area (Å²) in [4.78, 5) is 24.1. The maximum atomic E-state index is 12.4. The maximum absolute atomic E-state index is 12.4. The summed E-state index contributed by atoms with van der Waals surface area (Å²) in [6.07, 6.45) is -0.822. The number of hydrogen-bond donors (Lipinski definition) is 2. The van der Waals surface area contributed by atoms with Crippen molar-refractivity contribution >= 4 is 40.7 Å². The van der Waals surface area contributed by atoms with Crippen LogP contribution in [0.2, 0.25) is 10.0 Å². The normalized spacial score (nSPS) is 11.4. The number of carbonyl (C=O) groups is 2. The van der Waals surface area contributed by atoms with Crippen molar-refractivity contribution in [2.45, 2.75) is 13.0 Å². The quantitative estimate of drug-likeness (QED) is 0.778. The lowest BCUT2D eigenvalue weighted by molar-refractivity contribution is -0.122. The fraction of sp³-hybridized carbons (Fsp3) is 0.222. The summed E-state index contributed by atoms with van der Waals surface area (Å²) in [6, 6.07) is 9.45. The van der Waals surface area contributed by atoms with E-state index in [1.807, 2.05) is 0 Å². The highest BCUT2D eigenvalue weighted by atomic mass is 35.5. The molecule has 0 spiro atoms. The van der Waals surface area contributed by atoms with E-state index in [9.17, 15) is 9.59 Å². The second-order valence-corrected chi connectivity index (χ2v) is 6.16. The van der Waals surface area contributed by atoms with Gasteiger partial charge in [-0.25, -0.2) is 0 Å². The van der Waals surface area contributed by atoms with Gasteiger partial charge in [0.05, 0.1) is 17.8 Å². The Kier molecular flexibility index (Phi) is 6.71. The van der Waals surface area contributed by atoms with Crippen molar-refractivity contribution in [3.05, 3.63) is 52.0 Å². The molecule has 2 aromatic carbocycles. The van der Waals surface area contributed by atoms with Crippen molar-refractivity contribution in [3.63, 3.8) is 0 Å². The Hall–Kier alpha value is -2.44. The van der Waals surface area contributed by atoms with Crippen LogP contribution in [0.25, 0.3) is 0 Å². The minimum atomic E-state index is -0.822. The first-order chi connectivity index (χ1) is 12.3. The zero-order valence-electron chi connectivity index (χ0n) is 14.4. The molecule has 0 heterocycles. The van der Waals surface area contributed by atoms with E-state index in [-0.39, 0.29) is 5.91 Å². The van der Waals surface area contributed by atoms with E-state index in [1.165, 1.54) is 26.3 Å². The summed E-state index contributed by atoms with van der Waals surface area (Å²) >= 11 is 11.9. The molecule has 2 amide bonds. The number of benzene rings is 2. The molecule has 26 heavy (non-hydrogen) atoms. The molecular weight excluding hydrogens is 379 g/mol. The summed E-state index contributed by atoms with van der Waals surface area (Å²) in [5.74, 6) is 0.0501. The molecule has 0 aromatic heterocycles. The third-order valence-corrected chi connectivity index (χ3v) is 4.05. The molecule has 2 N–H and O–H groups in total.